The number of carbonyl (C=O) groups excluding carboxylic acids is 1. The lowest BCUT2D eigenvalue weighted by Crippen LogP contribution is -2.29. The van der Waals surface area contributed by atoms with Crippen LogP contribution in [0.4, 0.5) is 11.4 Å². The summed E-state index contributed by atoms with van der Waals surface area (Å²) in [5.74, 6) is 0.609. The lowest BCUT2D eigenvalue weighted by Gasteiger charge is -2.28. The van der Waals surface area contributed by atoms with Gasteiger partial charge >= 0.3 is 0 Å². The monoisotopic (exact) mass is 541 g/mol. The number of ether oxygens (including phenoxy) is 2. The summed E-state index contributed by atoms with van der Waals surface area (Å²) in [7, 11) is 3.16. The third-order valence-corrected chi connectivity index (χ3v) is 7.24. The molecule has 0 radical (unpaired) electrons. The van der Waals surface area contributed by atoms with Gasteiger partial charge in [0.05, 0.1) is 24.9 Å². The molecule has 3 heterocycles. The molecule has 9 heteroatoms. The molecule has 0 saturated carbocycles. The molecule has 0 bridgehead atoms. The Morgan fingerprint density at radius 1 is 1.03 bits per heavy atom. The standard InChI is InChI=1S/C30H31N5O3S/c1-19-17-25(20(2)34(19)22-12-14-24(38-4)15-13-22)29-28(26-7-5-6-16-31-26)33-30(39)35(29)23-10-8-21(9-11-23)32-27(36)18-37-3/h5-17,28-29H,18H2,1-4H3,(H,32,36)(H,33,39)/t28-,29+/m1/s1. The zero-order chi connectivity index (χ0) is 27.5. The highest BCUT2D eigenvalue weighted by Gasteiger charge is 2.42. The molecule has 5 rings (SSSR count). The first kappa shape index (κ1) is 26.4. The molecule has 4 aromatic rings. The third-order valence-electron chi connectivity index (χ3n) is 6.92. The highest BCUT2D eigenvalue weighted by atomic mass is 32.1. The minimum atomic E-state index is -0.206. The van der Waals surface area contributed by atoms with Crippen LogP contribution in [0.5, 0.6) is 5.75 Å². The largest absolute Gasteiger partial charge is 0.497 e. The molecule has 1 aliphatic rings. The Morgan fingerprint density at radius 3 is 2.38 bits per heavy atom. The van der Waals surface area contributed by atoms with E-state index in [-0.39, 0.29) is 24.6 Å². The Morgan fingerprint density at radius 2 is 1.74 bits per heavy atom. The summed E-state index contributed by atoms with van der Waals surface area (Å²) < 4.78 is 12.5. The maximum Gasteiger partial charge on any atom is 0.250 e. The number of aryl methyl sites for hydroxylation is 1. The zero-order valence-corrected chi connectivity index (χ0v) is 23.2. The van der Waals surface area contributed by atoms with E-state index < -0.39 is 0 Å². The molecule has 8 nitrogen and oxygen atoms in total. The number of amides is 1. The van der Waals surface area contributed by atoms with Crippen molar-refractivity contribution in [3.05, 3.63) is 102 Å². The van der Waals surface area contributed by atoms with Crippen molar-refractivity contribution in [2.75, 3.05) is 31.0 Å². The van der Waals surface area contributed by atoms with Gasteiger partial charge in [-0.1, -0.05) is 6.07 Å². The number of carbonyl (C=O) groups is 1. The van der Waals surface area contributed by atoms with Gasteiger partial charge in [-0.15, -0.1) is 0 Å². The molecular weight excluding hydrogens is 510 g/mol. The fraction of sp³-hybridized carbons (Fsp3) is 0.233. The van der Waals surface area contributed by atoms with Gasteiger partial charge in [-0.2, -0.15) is 0 Å². The van der Waals surface area contributed by atoms with Crippen molar-refractivity contribution in [3.8, 4) is 11.4 Å². The van der Waals surface area contributed by atoms with Crippen molar-refractivity contribution in [2.45, 2.75) is 25.9 Å². The van der Waals surface area contributed by atoms with E-state index in [4.69, 9.17) is 21.7 Å². The second-order valence-corrected chi connectivity index (χ2v) is 9.77. The summed E-state index contributed by atoms with van der Waals surface area (Å²) in [5, 5.41) is 6.98. The van der Waals surface area contributed by atoms with Crippen LogP contribution in [0.15, 0.2) is 79.0 Å². The van der Waals surface area contributed by atoms with Crippen LogP contribution in [-0.4, -0.2) is 41.4 Å². The molecule has 0 aliphatic carbocycles. The van der Waals surface area contributed by atoms with E-state index in [1.807, 2.05) is 54.6 Å². The molecule has 2 aromatic carbocycles. The lowest BCUT2D eigenvalue weighted by atomic mass is 9.96. The average molecular weight is 542 g/mol. The molecule has 1 amide bonds. The molecule has 2 aromatic heterocycles. The number of pyridine rings is 1. The van der Waals surface area contributed by atoms with Gasteiger partial charge in [0.2, 0.25) is 5.91 Å². The van der Waals surface area contributed by atoms with Gasteiger partial charge in [0.25, 0.3) is 0 Å². The second kappa shape index (κ2) is 11.3. The van der Waals surface area contributed by atoms with Gasteiger partial charge in [0.15, 0.2) is 5.11 Å². The number of nitrogens with one attached hydrogen (secondary N) is 2. The number of methoxy groups -OCH3 is 2. The number of hydrogen-bond donors (Lipinski definition) is 2. The Hall–Kier alpha value is -4.21. The maximum atomic E-state index is 12.0. The number of thiocarbonyl (C=S) groups is 1. The molecule has 0 unspecified atom stereocenters. The van der Waals surface area contributed by atoms with E-state index in [0.717, 1.165) is 39.8 Å². The fourth-order valence-electron chi connectivity index (χ4n) is 5.20. The van der Waals surface area contributed by atoms with Gasteiger partial charge in [-0.05, 0) is 98.4 Å². The summed E-state index contributed by atoms with van der Waals surface area (Å²) in [4.78, 5) is 18.8. The number of aromatic nitrogens is 2. The van der Waals surface area contributed by atoms with E-state index in [1.165, 1.54) is 7.11 Å². The lowest BCUT2D eigenvalue weighted by molar-refractivity contribution is -0.119. The van der Waals surface area contributed by atoms with Gasteiger partial charge in [-0.25, -0.2) is 0 Å². The van der Waals surface area contributed by atoms with Crippen molar-refractivity contribution >= 4 is 34.6 Å². The highest BCUT2D eigenvalue weighted by molar-refractivity contribution is 7.80. The van der Waals surface area contributed by atoms with E-state index >= 15 is 0 Å². The van der Waals surface area contributed by atoms with Crippen LogP contribution >= 0.6 is 12.2 Å². The average Bonchev–Trinajstić information content (AvgIpc) is 3.44. The van der Waals surface area contributed by atoms with Crippen molar-refractivity contribution in [1.82, 2.24) is 14.9 Å². The Bertz CT molecular complexity index is 1470. The normalized spacial score (nSPS) is 16.7. The molecule has 39 heavy (non-hydrogen) atoms. The van der Waals surface area contributed by atoms with E-state index in [2.05, 4.69) is 57.1 Å². The molecular formula is C30H31N5O3S. The summed E-state index contributed by atoms with van der Waals surface area (Å²) in [6, 6.07) is 23.6. The smallest absolute Gasteiger partial charge is 0.250 e. The SMILES string of the molecule is COCC(=O)Nc1ccc(N2C(=S)N[C@H](c3ccccn3)[C@@H]2c2cc(C)n(-c3ccc(OC)cc3)c2C)cc1. The van der Waals surface area contributed by atoms with Crippen LogP contribution in [0.1, 0.15) is 34.7 Å². The molecule has 1 aliphatic heterocycles. The number of hydrogen-bond acceptors (Lipinski definition) is 5. The molecule has 1 saturated heterocycles. The van der Waals surface area contributed by atoms with Crippen LogP contribution in [0.25, 0.3) is 5.69 Å². The van der Waals surface area contributed by atoms with Crippen LogP contribution in [0.3, 0.4) is 0 Å². The van der Waals surface area contributed by atoms with Crippen molar-refractivity contribution in [3.63, 3.8) is 0 Å². The molecule has 2 atom stereocenters. The molecule has 200 valence electrons. The number of nitrogens with zero attached hydrogens (tertiary/aromatic N) is 3. The van der Waals surface area contributed by atoms with Crippen LogP contribution in [0, 0.1) is 13.8 Å². The maximum absolute atomic E-state index is 12.0. The first-order valence-corrected chi connectivity index (χ1v) is 13.0. The predicted octanol–water partition coefficient (Wildman–Crippen LogP) is 5.26. The van der Waals surface area contributed by atoms with Crippen molar-refractivity contribution in [1.29, 1.82) is 0 Å². The van der Waals surface area contributed by atoms with E-state index in [1.54, 1.807) is 13.3 Å². The summed E-state index contributed by atoms with van der Waals surface area (Å²) in [6.07, 6.45) is 1.80. The van der Waals surface area contributed by atoms with E-state index in [9.17, 15) is 4.79 Å². The molecule has 1 fully saturated rings. The Kier molecular flexibility index (Phi) is 7.63. The third kappa shape index (κ3) is 5.23. The van der Waals surface area contributed by atoms with Crippen LogP contribution in [0.2, 0.25) is 0 Å². The van der Waals surface area contributed by atoms with Crippen molar-refractivity contribution < 1.29 is 14.3 Å². The van der Waals surface area contributed by atoms with Crippen LogP contribution < -0.4 is 20.3 Å². The van der Waals surface area contributed by atoms with Crippen molar-refractivity contribution in [2.24, 2.45) is 0 Å². The second-order valence-electron chi connectivity index (χ2n) is 9.38. The first-order chi connectivity index (χ1) is 18.9. The van der Waals surface area contributed by atoms with Gasteiger partial charge in [0.1, 0.15) is 12.4 Å². The molecule has 2 N–H and O–H groups in total. The summed E-state index contributed by atoms with van der Waals surface area (Å²) in [6.45, 7) is 4.24. The van der Waals surface area contributed by atoms with Gasteiger partial charge in [0, 0.05) is 41.8 Å². The highest BCUT2D eigenvalue weighted by Crippen LogP contribution is 2.44. The fourth-order valence-corrected chi connectivity index (χ4v) is 5.54. The molecule has 0 spiro atoms. The van der Waals surface area contributed by atoms with Crippen LogP contribution in [-0.2, 0) is 9.53 Å². The van der Waals surface area contributed by atoms with Gasteiger partial charge < -0.3 is 29.6 Å². The minimum absolute atomic E-state index is 0.000471. The van der Waals surface area contributed by atoms with Gasteiger partial charge in [-0.3, -0.25) is 9.78 Å². The number of benzene rings is 2. The Labute approximate surface area is 233 Å². The number of anilines is 2. The quantitative estimate of drug-likeness (QED) is 0.295. The number of rotatable bonds is 8. The summed E-state index contributed by atoms with van der Waals surface area (Å²) >= 11 is 5.90. The topological polar surface area (TPSA) is 80.7 Å². The predicted molar refractivity (Wildman–Crippen MR) is 157 cm³/mol. The minimum Gasteiger partial charge on any atom is -0.497 e. The van der Waals surface area contributed by atoms with E-state index in [0.29, 0.717) is 10.8 Å². The summed E-state index contributed by atoms with van der Waals surface area (Å²) in [5.41, 5.74) is 6.94. The zero-order valence-electron chi connectivity index (χ0n) is 22.3. The Balaban J connectivity index is 1.57. The first-order valence-electron chi connectivity index (χ1n) is 12.6.